The molecule has 1 atom stereocenters. The average molecular weight is 307 g/mol. The van der Waals surface area contributed by atoms with Gasteiger partial charge in [-0.1, -0.05) is 18.2 Å². The Bertz CT molecular complexity index is 739. The van der Waals surface area contributed by atoms with Crippen LogP contribution in [-0.4, -0.2) is 14.7 Å². The molecule has 3 nitrogen and oxygen atoms in total. The summed E-state index contributed by atoms with van der Waals surface area (Å²) in [5.74, 6) is -0.282. The minimum Gasteiger partial charge on any atom is -0.324 e. The van der Waals surface area contributed by atoms with Crippen LogP contribution in [0.1, 0.15) is 22.7 Å². The summed E-state index contributed by atoms with van der Waals surface area (Å²) in [7, 11) is -3.21. The number of benzene rings is 2. The maximum absolute atomic E-state index is 13.3. The molecule has 112 valence electrons. The van der Waals surface area contributed by atoms with Crippen molar-refractivity contribution in [1.29, 1.82) is 0 Å². The van der Waals surface area contributed by atoms with E-state index in [0.29, 0.717) is 6.42 Å². The van der Waals surface area contributed by atoms with E-state index in [0.717, 1.165) is 22.9 Å². The van der Waals surface area contributed by atoms with Crippen LogP contribution in [0, 0.1) is 12.7 Å². The van der Waals surface area contributed by atoms with Crippen LogP contribution in [0.2, 0.25) is 0 Å². The van der Waals surface area contributed by atoms with E-state index in [-0.39, 0.29) is 16.8 Å². The van der Waals surface area contributed by atoms with Crippen LogP contribution in [-0.2, 0) is 16.3 Å². The van der Waals surface area contributed by atoms with Crippen LogP contribution < -0.4 is 5.73 Å². The lowest BCUT2D eigenvalue weighted by Crippen LogP contribution is -2.14. The topological polar surface area (TPSA) is 60.2 Å². The standard InChI is InChI=1S/C16H18FNO2S/c1-11-3-6-14(17)9-13(11)10-16(18)12-4-7-15(8-5-12)21(2,19)20/h3-9,16H,10,18H2,1-2H3. The third kappa shape index (κ3) is 3.89. The predicted octanol–water partition coefficient (Wildman–Crippen LogP) is 2.78. The molecule has 0 saturated heterocycles. The monoisotopic (exact) mass is 307 g/mol. The van der Waals surface area contributed by atoms with Crippen LogP contribution in [0.3, 0.4) is 0 Å². The smallest absolute Gasteiger partial charge is 0.175 e. The Morgan fingerprint density at radius 2 is 1.76 bits per heavy atom. The van der Waals surface area contributed by atoms with E-state index >= 15 is 0 Å². The summed E-state index contributed by atoms with van der Waals surface area (Å²) in [5, 5.41) is 0. The van der Waals surface area contributed by atoms with Crippen molar-refractivity contribution in [3.63, 3.8) is 0 Å². The third-order valence-electron chi connectivity index (χ3n) is 3.49. The molecule has 0 amide bonds. The Labute approximate surface area is 124 Å². The summed E-state index contributed by atoms with van der Waals surface area (Å²) in [5.41, 5.74) is 8.80. The van der Waals surface area contributed by atoms with E-state index in [4.69, 9.17) is 5.73 Å². The highest BCUT2D eigenvalue weighted by Gasteiger charge is 2.12. The maximum Gasteiger partial charge on any atom is 0.175 e. The van der Waals surface area contributed by atoms with Gasteiger partial charge in [-0.3, -0.25) is 0 Å². The van der Waals surface area contributed by atoms with E-state index in [1.54, 1.807) is 30.3 Å². The SMILES string of the molecule is Cc1ccc(F)cc1CC(N)c1ccc(S(C)(=O)=O)cc1. The van der Waals surface area contributed by atoms with Gasteiger partial charge in [-0.05, 0) is 54.3 Å². The molecule has 0 aliphatic heterocycles. The lowest BCUT2D eigenvalue weighted by atomic mass is 9.97. The first-order chi connectivity index (χ1) is 9.77. The van der Waals surface area contributed by atoms with Crippen molar-refractivity contribution in [2.45, 2.75) is 24.3 Å². The molecule has 0 saturated carbocycles. The molecule has 2 aromatic rings. The van der Waals surface area contributed by atoms with Crippen LogP contribution >= 0.6 is 0 Å². The number of hydrogen-bond donors (Lipinski definition) is 1. The highest BCUT2D eigenvalue weighted by atomic mass is 32.2. The zero-order valence-electron chi connectivity index (χ0n) is 12.0. The molecule has 0 aliphatic rings. The van der Waals surface area contributed by atoms with Crippen LogP contribution in [0.5, 0.6) is 0 Å². The summed E-state index contributed by atoms with van der Waals surface area (Å²) < 4.78 is 36.1. The van der Waals surface area contributed by atoms with Crippen molar-refractivity contribution in [2.24, 2.45) is 5.73 Å². The zero-order valence-corrected chi connectivity index (χ0v) is 12.8. The highest BCUT2D eigenvalue weighted by molar-refractivity contribution is 7.90. The molecule has 0 spiro atoms. The van der Waals surface area contributed by atoms with Crippen LogP contribution in [0.4, 0.5) is 4.39 Å². The van der Waals surface area contributed by atoms with Gasteiger partial charge in [0.05, 0.1) is 4.90 Å². The fourth-order valence-corrected chi connectivity index (χ4v) is 2.81. The van der Waals surface area contributed by atoms with Gasteiger partial charge in [-0.2, -0.15) is 0 Å². The molecule has 0 bridgehead atoms. The Morgan fingerprint density at radius 1 is 1.14 bits per heavy atom. The van der Waals surface area contributed by atoms with Gasteiger partial charge in [-0.25, -0.2) is 12.8 Å². The number of nitrogens with two attached hydrogens (primary N) is 1. The first-order valence-corrected chi connectivity index (χ1v) is 8.47. The summed E-state index contributed by atoms with van der Waals surface area (Å²) in [6.07, 6.45) is 1.67. The van der Waals surface area contributed by atoms with E-state index in [9.17, 15) is 12.8 Å². The number of rotatable bonds is 4. The van der Waals surface area contributed by atoms with Crippen LogP contribution in [0.25, 0.3) is 0 Å². The van der Waals surface area contributed by atoms with Gasteiger partial charge in [0.1, 0.15) is 5.82 Å². The molecule has 1 unspecified atom stereocenters. The lowest BCUT2D eigenvalue weighted by Gasteiger charge is -2.14. The average Bonchev–Trinajstić information content (AvgIpc) is 2.42. The Balaban J connectivity index is 2.20. The predicted molar refractivity (Wildman–Crippen MR) is 81.3 cm³/mol. The lowest BCUT2D eigenvalue weighted by molar-refractivity contribution is 0.601. The van der Waals surface area contributed by atoms with Gasteiger partial charge in [0.15, 0.2) is 9.84 Å². The molecule has 0 heterocycles. The molecule has 0 radical (unpaired) electrons. The molecule has 5 heteroatoms. The van der Waals surface area contributed by atoms with Crippen molar-refractivity contribution >= 4 is 9.84 Å². The highest BCUT2D eigenvalue weighted by Crippen LogP contribution is 2.21. The normalized spacial score (nSPS) is 13.1. The minimum atomic E-state index is -3.21. The largest absolute Gasteiger partial charge is 0.324 e. The van der Waals surface area contributed by atoms with Gasteiger partial charge in [0.25, 0.3) is 0 Å². The Morgan fingerprint density at radius 3 is 2.33 bits per heavy atom. The molecule has 21 heavy (non-hydrogen) atoms. The second kappa shape index (κ2) is 5.95. The summed E-state index contributed by atoms with van der Waals surface area (Å²) in [6.45, 7) is 1.91. The maximum atomic E-state index is 13.3. The van der Waals surface area contributed by atoms with E-state index in [1.165, 1.54) is 12.1 Å². The Hall–Kier alpha value is -1.72. The van der Waals surface area contributed by atoms with Crippen molar-refractivity contribution in [3.8, 4) is 0 Å². The molecule has 2 aromatic carbocycles. The summed E-state index contributed by atoms with van der Waals surface area (Å²) >= 11 is 0. The van der Waals surface area contributed by atoms with E-state index in [1.807, 2.05) is 6.92 Å². The Kier molecular flexibility index (Phi) is 4.44. The molecular weight excluding hydrogens is 289 g/mol. The number of halogens is 1. The van der Waals surface area contributed by atoms with E-state index in [2.05, 4.69) is 0 Å². The van der Waals surface area contributed by atoms with Gasteiger partial charge in [0.2, 0.25) is 0 Å². The number of aryl methyl sites for hydroxylation is 1. The zero-order chi connectivity index (χ0) is 15.6. The number of hydrogen-bond acceptors (Lipinski definition) is 3. The van der Waals surface area contributed by atoms with Gasteiger partial charge >= 0.3 is 0 Å². The van der Waals surface area contributed by atoms with Crippen LogP contribution in [0.15, 0.2) is 47.4 Å². The fourth-order valence-electron chi connectivity index (χ4n) is 2.18. The molecule has 2 rings (SSSR count). The van der Waals surface area contributed by atoms with Crippen molar-refractivity contribution < 1.29 is 12.8 Å². The van der Waals surface area contributed by atoms with Crippen molar-refractivity contribution in [3.05, 3.63) is 65.0 Å². The first kappa shape index (κ1) is 15.7. The second-order valence-electron chi connectivity index (χ2n) is 5.22. The molecule has 0 aromatic heterocycles. The quantitative estimate of drug-likeness (QED) is 0.945. The van der Waals surface area contributed by atoms with E-state index < -0.39 is 9.84 Å². The van der Waals surface area contributed by atoms with Gasteiger partial charge in [0, 0.05) is 12.3 Å². The fraction of sp³-hybridized carbons (Fsp3) is 0.250. The third-order valence-corrected chi connectivity index (χ3v) is 4.62. The molecule has 0 aliphatic carbocycles. The molecule has 2 N–H and O–H groups in total. The van der Waals surface area contributed by atoms with Gasteiger partial charge < -0.3 is 5.73 Å². The second-order valence-corrected chi connectivity index (χ2v) is 7.24. The van der Waals surface area contributed by atoms with Crippen molar-refractivity contribution in [1.82, 2.24) is 0 Å². The minimum absolute atomic E-state index is 0.264. The number of sulfone groups is 1. The first-order valence-electron chi connectivity index (χ1n) is 6.58. The molecular formula is C16H18FNO2S. The van der Waals surface area contributed by atoms with Gasteiger partial charge in [-0.15, -0.1) is 0 Å². The summed E-state index contributed by atoms with van der Waals surface area (Å²) in [4.78, 5) is 0.264. The molecule has 0 fully saturated rings. The summed E-state index contributed by atoms with van der Waals surface area (Å²) in [6, 6.07) is 10.8. The van der Waals surface area contributed by atoms with Crippen molar-refractivity contribution in [2.75, 3.05) is 6.26 Å².